The Morgan fingerprint density at radius 3 is 2.11 bits per heavy atom. The van der Waals surface area contributed by atoms with Crippen molar-refractivity contribution in [1.82, 2.24) is 10.2 Å². The molecule has 3 aromatic carbocycles. The Morgan fingerprint density at radius 2 is 1.50 bits per heavy atom. The first-order valence-corrected chi connectivity index (χ1v) is 14.2. The first-order valence-electron chi connectivity index (χ1n) is 12.7. The fraction of sp³-hybridized carbons (Fsp3) is 0.333. The summed E-state index contributed by atoms with van der Waals surface area (Å²) < 4.78 is 29.0. The normalized spacial score (nSPS) is 12.1. The molecule has 0 saturated heterocycles. The Balaban J connectivity index is 2.07. The van der Waals surface area contributed by atoms with E-state index < -0.39 is 28.5 Å². The number of hydrogen-bond donors (Lipinski definition) is 1. The van der Waals surface area contributed by atoms with E-state index in [0.29, 0.717) is 12.2 Å². The average molecular weight is 536 g/mol. The molecule has 0 bridgehead atoms. The number of nitrogens with zero attached hydrogens (tertiary/aromatic N) is 2. The van der Waals surface area contributed by atoms with E-state index in [1.165, 1.54) is 4.90 Å². The number of amides is 2. The van der Waals surface area contributed by atoms with Gasteiger partial charge in [0.05, 0.1) is 10.6 Å². The van der Waals surface area contributed by atoms with Gasteiger partial charge in [0.1, 0.15) is 12.6 Å². The molecule has 2 amide bonds. The van der Waals surface area contributed by atoms with Crippen LogP contribution in [0.5, 0.6) is 0 Å². The highest BCUT2D eigenvalue weighted by Gasteiger charge is 2.33. The van der Waals surface area contributed by atoms with Crippen molar-refractivity contribution in [3.63, 3.8) is 0 Å². The SMILES string of the molecule is CCNC(=O)[C@@H](C)N(Cc1cccc(C)c1)C(=O)CN(c1ccc(C)cc1C)S(=O)(=O)c1ccc(C)cc1. The maximum Gasteiger partial charge on any atom is 0.264 e. The molecule has 0 aliphatic carbocycles. The summed E-state index contributed by atoms with van der Waals surface area (Å²) in [5.74, 6) is -0.770. The van der Waals surface area contributed by atoms with E-state index in [9.17, 15) is 18.0 Å². The standard InChI is InChI=1S/C30H37N3O4S/c1-7-31-30(35)25(6)32(19-26-10-8-9-22(3)18-26)29(34)20-33(28-16-13-23(4)17-24(28)5)38(36,37)27-14-11-21(2)12-15-27/h8-18,25H,7,19-20H2,1-6H3,(H,31,35)/t25-/m1/s1. The Kier molecular flexibility index (Phi) is 9.33. The molecule has 7 nitrogen and oxygen atoms in total. The summed E-state index contributed by atoms with van der Waals surface area (Å²) in [4.78, 5) is 28.3. The van der Waals surface area contributed by atoms with E-state index in [2.05, 4.69) is 5.32 Å². The van der Waals surface area contributed by atoms with Crippen LogP contribution in [-0.4, -0.2) is 44.3 Å². The fourth-order valence-electron chi connectivity index (χ4n) is 4.35. The second kappa shape index (κ2) is 12.3. The molecule has 0 aliphatic rings. The van der Waals surface area contributed by atoms with Gasteiger partial charge in [-0.1, -0.05) is 65.2 Å². The zero-order valence-electron chi connectivity index (χ0n) is 23.0. The molecule has 0 saturated carbocycles. The summed E-state index contributed by atoms with van der Waals surface area (Å²) in [5.41, 5.74) is 4.95. The number of nitrogens with one attached hydrogen (secondary N) is 1. The van der Waals surface area contributed by atoms with E-state index >= 15 is 0 Å². The fourth-order valence-corrected chi connectivity index (χ4v) is 5.83. The van der Waals surface area contributed by atoms with Gasteiger partial charge in [-0.25, -0.2) is 8.42 Å². The molecule has 0 heterocycles. The van der Waals surface area contributed by atoms with Crippen LogP contribution in [0.1, 0.15) is 41.7 Å². The van der Waals surface area contributed by atoms with Gasteiger partial charge in [0.25, 0.3) is 10.0 Å². The average Bonchev–Trinajstić information content (AvgIpc) is 2.86. The third-order valence-corrected chi connectivity index (χ3v) is 8.24. The Labute approximate surface area is 226 Å². The van der Waals surface area contributed by atoms with Gasteiger partial charge >= 0.3 is 0 Å². The number of likely N-dealkylation sites (N-methyl/N-ethyl adjacent to an activating group) is 1. The van der Waals surface area contributed by atoms with Crippen molar-refractivity contribution in [2.75, 3.05) is 17.4 Å². The molecule has 0 spiro atoms. The number of rotatable bonds is 10. The number of carbonyl (C=O) groups is 2. The van der Waals surface area contributed by atoms with Crippen LogP contribution < -0.4 is 9.62 Å². The van der Waals surface area contributed by atoms with E-state index in [-0.39, 0.29) is 17.3 Å². The third kappa shape index (κ3) is 6.81. The molecule has 0 aliphatic heterocycles. The highest BCUT2D eigenvalue weighted by Crippen LogP contribution is 2.28. The molecule has 1 atom stereocenters. The summed E-state index contributed by atoms with van der Waals surface area (Å²) in [6.45, 7) is 11.2. The van der Waals surface area contributed by atoms with Gasteiger partial charge in [0.2, 0.25) is 11.8 Å². The lowest BCUT2D eigenvalue weighted by Crippen LogP contribution is -2.51. The molecule has 8 heteroatoms. The lowest BCUT2D eigenvalue weighted by Gasteiger charge is -2.32. The van der Waals surface area contributed by atoms with E-state index in [0.717, 1.165) is 32.1 Å². The van der Waals surface area contributed by atoms with Gasteiger partial charge in [0, 0.05) is 13.1 Å². The second-order valence-electron chi connectivity index (χ2n) is 9.70. The predicted octanol–water partition coefficient (Wildman–Crippen LogP) is 4.67. The van der Waals surface area contributed by atoms with E-state index in [4.69, 9.17) is 0 Å². The van der Waals surface area contributed by atoms with Crippen molar-refractivity contribution in [2.45, 2.75) is 59.0 Å². The zero-order chi connectivity index (χ0) is 28.0. The van der Waals surface area contributed by atoms with Crippen LogP contribution in [0.2, 0.25) is 0 Å². The summed E-state index contributed by atoms with van der Waals surface area (Å²) in [5, 5.41) is 2.77. The van der Waals surface area contributed by atoms with E-state index in [1.54, 1.807) is 37.3 Å². The number of anilines is 1. The minimum Gasteiger partial charge on any atom is -0.355 e. The lowest BCUT2D eigenvalue weighted by atomic mass is 10.1. The van der Waals surface area contributed by atoms with Gasteiger partial charge in [-0.2, -0.15) is 0 Å². The van der Waals surface area contributed by atoms with Crippen molar-refractivity contribution >= 4 is 27.5 Å². The van der Waals surface area contributed by atoms with Gasteiger partial charge in [-0.3, -0.25) is 13.9 Å². The molecule has 0 aromatic heterocycles. The minimum atomic E-state index is -4.09. The molecule has 1 N–H and O–H groups in total. The Bertz CT molecular complexity index is 1400. The monoisotopic (exact) mass is 535 g/mol. The van der Waals surface area contributed by atoms with Crippen LogP contribution >= 0.6 is 0 Å². The molecule has 38 heavy (non-hydrogen) atoms. The van der Waals surface area contributed by atoms with Crippen molar-refractivity contribution in [2.24, 2.45) is 0 Å². The summed E-state index contributed by atoms with van der Waals surface area (Å²) in [6, 6.07) is 18.9. The molecule has 0 unspecified atom stereocenters. The summed E-state index contributed by atoms with van der Waals surface area (Å²) >= 11 is 0. The first-order chi connectivity index (χ1) is 17.9. The summed E-state index contributed by atoms with van der Waals surface area (Å²) in [6.07, 6.45) is 0. The lowest BCUT2D eigenvalue weighted by molar-refractivity contribution is -0.139. The highest BCUT2D eigenvalue weighted by atomic mass is 32.2. The maximum atomic E-state index is 13.9. The molecule has 0 radical (unpaired) electrons. The molecular formula is C30H37N3O4S. The predicted molar refractivity (Wildman–Crippen MR) is 152 cm³/mol. The van der Waals surface area contributed by atoms with Crippen LogP contribution in [0, 0.1) is 27.7 Å². The quantitative estimate of drug-likeness (QED) is 0.409. The topological polar surface area (TPSA) is 86.8 Å². The maximum absolute atomic E-state index is 13.9. The number of aryl methyl sites for hydroxylation is 4. The summed E-state index contributed by atoms with van der Waals surface area (Å²) in [7, 11) is -4.09. The van der Waals surface area contributed by atoms with Gasteiger partial charge in [0.15, 0.2) is 0 Å². The largest absolute Gasteiger partial charge is 0.355 e. The Hall–Kier alpha value is -3.65. The highest BCUT2D eigenvalue weighted by molar-refractivity contribution is 7.92. The smallest absolute Gasteiger partial charge is 0.264 e. The first kappa shape index (κ1) is 28.9. The number of hydrogen-bond acceptors (Lipinski definition) is 4. The minimum absolute atomic E-state index is 0.0953. The van der Waals surface area contributed by atoms with Crippen molar-refractivity contribution in [1.29, 1.82) is 0 Å². The van der Waals surface area contributed by atoms with Crippen LogP contribution in [-0.2, 0) is 26.2 Å². The van der Waals surface area contributed by atoms with Crippen LogP contribution in [0.4, 0.5) is 5.69 Å². The van der Waals surface area contributed by atoms with Gasteiger partial charge in [-0.15, -0.1) is 0 Å². The van der Waals surface area contributed by atoms with Crippen LogP contribution in [0.3, 0.4) is 0 Å². The number of sulfonamides is 1. The van der Waals surface area contributed by atoms with Gasteiger partial charge in [-0.05, 0) is 70.9 Å². The molecular weight excluding hydrogens is 498 g/mol. The van der Waals surface area contributed by atoms with Crippen molar-refractivity contribution in [3.05, 3.63) is 94.5 Å². The van der Waals surface area contributed by atoms with E-state index in [1.807, 2.05) is 71.0 Å². The molecule has 202 valence electrons. The molecule has 3 aromatic rings. The van der Waals surface area contributed by atoms with Crippen LogP contribution in [0.25, 0.3) is 0 Å². The third-order valence-electron chi connectivity index (χ3n) is 6.46. The number of benzene rings is 3. The second-order valence-corrected chi connectivity index (χ2v) is 11.6. The Morgan fingerprint density at radius 1 is 0.868 bits per heavy atom. The number of carbonyl (C=O) groups excluding carboxylic acids is 2. The van der Waals surface area contributed by atoms with Crippen LogP contribution in [0.15, 0.2) is 71.6 Å². The van der Waals surface area contributed by atoms with Gasteiger partial charge < -0.3 is 10.2 Å². The zero-order valence-corrected chi connectivity index (χ0v) is 23.8. The molecule has 3 rings (SSSR count). The van der Waals surface area contributed by atoms with Crippen molar-refractivity contribution in [3.8, 4) is 0 Å². The van der Waals surface area contributed by atoms with Crippen molar-refractivity contribution < 1.29 is 18.0 Å². The molecule has 0 fully saturated rings.